The van der Waals surface area contributed by atoms with Crippen molar-refractivity contribution in [1.29, 1.82) is 0 Å². The van der Waals surface area contributed by atoms with Crippen molar-refractivity contribution < 1.29 is 28.5 Å². The molecule has 0 bridgehead atoms. The van der Waals surface area contributed by atoms with Crippen LogP contribution in [0.15, 0.2) is 53.5 Å². The lowest BCUT2D eigenvalue weighted by Crippen LogP contribution is -2.57. The number of methoxy groups -OCH3 is 2. The Morgan fingerprint density at radius 1 is 0.912 bits per heavy atom. The standard InChI is InChI=1S/C25H30N2O6S/c1-27(2)25-26-21-23(32-15-17-7-11-19(30-4)12-8-17)22(20(13-28)33-24(21)34-25)31-14-16-5-9-18(29-3)10-6-16/h5-13,20-24H,14-15H2,1-4H3/t20-,21-,22?,23?,24-/m1/s1. The van der Waals surface area contributed by atoms with Gasteiger partial charge in [0.2, 0.25) is 0 Å². The van der Waals surface area contributed by atoms with Gasteiger partial charge in [0.25, 0.3) is 0 Å². The Morgan fingerprint density at radius 3 is 1.91 bits per heavy atom. The van der Waals surface area contributed by atoms with Crippen LogP contribution in [-0.4, -0.2) is 74.5 Å². The third-order valence-corrected chi connectivity index (χ3v) is 7.06. The van der Waals surface area contributed by atoms with Gasteiger partial charge in [-0.25, -0.2) is 0 Å². The maximum absolute atomic E-state index is 12.0. The fraction of sp³-hybridized carbons (Fsp3) is 0.440. The summed E-state index contributed by atoms with van der Waals surface area (Å²) < 4.78 is 29.2. The van der Waals surface area contributed by atoms with Crippen molar-refractivity contribution in [2.75, 3.05) is 28.3 Å². The van der Waals surface area contributed by atoms with Gasteiger partial charge in [-0.1, -0.05) is 36.0 Å². The Bertz CT molecular complexity index is 982. The molecule has 2 aliphatic rings. The molecule has 1 saturated heterocycles. The van der Waals surface area contributed by atoms with E-state index in [-0.39, 0.29) is 11.5 Å². The zero-order valence-corrected chi connectivity index (χ0v) is 20.6. The number of carbonyl (C=O) groups excluding carboxylic acids is 1. The van der Waals surface area contributed by atoms with Gasteiger partial charge >= 0.3 is 0 Å². The zero-order valence-electron chi connectivity index (χ0n) is 19.7. The summed E-state index contributed by atoms with van der Waals surface area (Å²) >= 11 is 1.50. The summed E-state index contributed by atoms with van der Waals surface area (Å²) in [5.74, 6) is 1.55. The number of thioether (sulfide) groups is 1. The van der Waals surface area contributed by atoms with Gasteiger partial charge in [0.1, 0.15) is 41.3 Å². The van der Waals surface area contributed by atoms with Crippen LogP contribution in [0.25, 0.3) is 0 Å². The summed E-state index contributed by atoms with van der Waals surface area (Å²) in [6, 6.07) is 15.0. The van der Waals surface area contributed by atoms with Crippen molar-refractivity contribution in [3.8, 4) is 11.5 Å². The SMILES string of the molecule is COc1ccc(COC2C(OCc3ccc(OC)cc3)[C@@H](C=O)O[C@@H]3SC(N(C)C)=N[C@H]23)cc1. The first-order valence-corrected chi connectivity index (χ1v) is 11.9. The van der Waals surface area contributed by atoms with Crippen molar-refractivity contribution in [2.24, 2.45) is 4.99 Å². The lowest BCUT2D eigenvalue weighted by atomic mass is 9.98. The predicted molar refractivity (Wildman–Crippen MR) is 130 cm³/mol. The highest BCUT2D eigenvalue weighted by atomic mass is 32.2. The Kier molecular flexibility index (Phi) is 8.10. The highest BCUT2D eigenvalue weighted by Crippen LogP contribution is 2.39. The number of rotatable bonds is 9. The van der Waals surface area contributed by atoms with E-state index in [0.717, 1.165) is 34.1 Å². The summed E-state index contributed by atoms with van der Waals surface area (Å²) in [4.78, 5) is 18.8. The molecule has 0 amide bonds. The Labute approximate surface area is 204 Å². The van der Waals surface area contributed by atoms with E-state index in [9.17, 15) is 4.79 Å². The first-order chi connectivity index (χ1) is 16.5. The van der Waals surface area contributed by atoms with Gasteiger partial charge in [-0.15, -0.1) is 0 Å². The molecule has 5 atom stereocenters. The van der Waals surface area contributed by atoms with Crippen molar-refractivity contribution in [2.45, 2.75) is 43.0 Å². The largest absolute Gasteiger partial charge is 0.497 e. The molecule has 4 rings (SSSR count). The normalized spacial score (nSPS) is 25.9. The van der Waals surface area contributed by atoms with Crippen LogP contribution in [-0.2, 0) is 32.2 Å². The molecule has 2 aromatic rings. The van der Waals surface area contributed by atoms with Crippen molar-refractivity contribution >= 4 is 23.2 Å². The van der Waals surface area contributed by atoms with Gasteiger partial charge in [0.15, 0.2) is 11.5 Å². The maximum Gasteiger partial charge on any atom is 0.161 e. The van der Waals surface area contributed by atoms with E-state index in [1.165, 1.54) is 11.8 Å². The van der Waals surface area contributed by atoms with Crippen LogP contribution in [0.2, 0.25) is 0 Å². The van der Waals surface area contributed by atoms with E-state index < -0.39 is 18.3 Å². The van der Waals surface area contributed by atoms with Gasteiger partial charge in [-0.3, -0.25) is 4.99 Å². The van der Waals surface area contributed by atoms with Gasteiger partial charge < -0.3 is 33.4 Å². The molecule has 9 heteroatoms. The number of aldehydes is 1. The smallest absolute Gasteiger partial charge is 0.161 e. The number of fused-ring (bicyclic) bond motifs is 1. The highest BCUT2D eigenvalue weighted by molar-refractivity contribution is 8.14. The van der Waals surface area contributed by atoms with E-state index in [1.807, 2.05) is 67.5 Å². The molecule has 0 radical (unpaired) electrons. The minimum absolute atomic E-state index is 0.294. The van der Waals surface area contributed by atoms with Crippen LogP contribution in [0.1, 0.15) is 11.1 Å². The quantitative estimate of drug-likeness (QED) is 0.501. The molecule has 182 valence electrons. The Morgan fingerprint density at radius 2 is 1.44 bits per heavy atom. The molecule has 34 heavy (non-hydrogen) atoms. The number of nitrogens with zero attached hydrogens (tertiary/aromatic N) is 2. The monoisotopic (exact) mass is 486 g/mol. The Balaban J connectivity index is 1.54. The third-order valence-electron chi connectivity index (χ3n) is 5.76. The maximum atomic E-state index is 12.0. The van der Waals surface area contributed by atoms with Crippen LogP contribution in [0, 0.1) is 0 Å². The van der Waals surface area contributed by atoms with Crippen LogP contribution in [0.3, 0.4) is 0 Å². The molecule has 1 fully saturated rings. The van der Waals surface area contributed by atoms with Gasteiger partial charge in [-0.2, -0.15) is 0 Å². The highest BCUT2D eigenvalue weighted by Gasteiger charge is 2.51. The van der Waals surface area contributed by atoms with E-state index in [2.05, 4.69) is 0 Å². The number of benzene rings is 2. The van der Waals surface area contributed by atoms with Crippen molar-refractivity contribution in [3.05, 3.63) is 59.7 Å². The first kappa shape index (κ1) is 24.5. The molecule has 2 aromatic carbocycles. The second kappa shape index (κ2) is 11.2. The summed E-state index contributed by atoms with van der Waals surface area (Å²) in [7, 11) is 7.13. The zero-order chi connectivity index (χ0) is 24.1. The summed E-state index contributed by atoms with van der Waals surface area (Å²) in [5.41, 5.74) is 1.64. The number of hydrogen-bond donors (Lipinski definition) is 0. The number of aliphatic imine (C=N–C) groups is 1. The lowest BCUT2D eigenvalue weighted by molar-refractivity contribution is -0.193. The van der Waals surface area contributed by atoms with Crippen molar-refractivity contribution in [1.82, 2.24) is 4.90 Å². The molecular weight excluding hydrogens is 456 g/mol. The molecule has 0 spiro atoms. The van der Waals surface area contributed by atoms with Crippen LogP contribution < -0.4 is 9.47 Å². The molecule has 0 saturated carbocycles. The Hall–Kier alpha value is -2.59. The number of amidine groups is 1. The minimum Gasteiger partial charge on any atom is -0.497 e. The molecule has 2 aliphatic heterocycles. The number of carbonyl (C=O) groups is 1. The number of ether oxygens (including phenoxy) is 5. The summed E-state index contributed by atoms with van der Waals surface area (Å²) in [6.07, 6.45) is -1.03. The number of hydrogen-bond acceptors (Lipinski definition) is 9. The fourth-order valence-corrected chi connectivity index (χ4v) is 5.02. The van der Waals surface area contributed by atoms with Gasteiger partial charge in [0, 0.05) is 14.1 Å². The lowest BCUT2D eigenvalue weighted by Gasteiger charge is -2.40. The molecule has 2 heterocycles. The van der Waals surface area contributed by atoms with Gasteiger partial charge in [0.05, 0.1) is 27.4 Å². The van der Waals surface area contributed by atoms with Gasteiger partial charge in [-0.05, 0) is 35.4 Å². The molecule has 0 N–H and O–H groups in total. The topological polar surface area (TPSA) is 78.8 Å². The molecule has 0 aliphatic carbocycles. The molecule has 2 unspecified atom stereocenters. The van der Waals surface area contributed by atoms with Crippen LogP contribution in [0.5, 0.6) is 11.5 Å². The van der Waals surface area contributed by atoms with E-state index in [4.69, 9.17) is 28.7 Å². The fourth-order valence-electron chi connectivity index (χ4n) is 3.88. The minimum atomic E-state index is -0.760. The van der Waals surface area contributed by atoms with E-state index in [0.29, 0.717) is 13.2 Å². The van der Waals surface area contributed by atoms with Crippen molar-refractivity contribution in [3.63, 3.8) is 0 Å². The predicted octanol–water partition coefficient (Wildman–Crippen LogP) is 3.13. The summed E-state index contributed by atoms with van der Waals surface area (Å²) in [5, 5.41) is 0.841. The second-order valence-corrected chi connectivity index (χ2v) is 9.33. The van der Waals surface area contributed by atoms with E-state index >= 15 is 0 Å². The van der Waals surface area contributed by atoms with E-state index in [1.54, 1.807) is 14.2 Å². The van der Waals surface area contributed by atoms with Crippen LogP contribution in [0.4, 0.5) is 0 Å². The summed E-state index contributed by atoms with van der Waals surface area (Å²) in [6.45, 7) is 0.656. The average molecular weight is 487 g/mol. The molecular formula is C25H30N2O6S. The molecule has 0 aromatic heterocycles. The average Bonchev–Trinajstić information content (AvgIpc) is 3.31. The second-order valence-electron chi connectivity index (χ2n) is 8.27. The van der Waals surface area contributed by atoms with Crippen LogP contribution >= 0.6 is 11.8 Å². The third kappa shape index (κ3) is 5.55. The molecule has 8 nitrogen and oxygen atoms in total. The first-order valence-electron chi connectivity index (χ1n) is 11.0.